The predicted molar refractivity (Wildman–Crippen MR) is 89.2 cm³/mol. The molecule has 2 atom stereocenters. The average Bonchev–Trinajstić information content (AvgIpc) is 3.25. The van der Waals surface area contributed by atoms with Crippen LogP contribution in [0.15, 0.2) is 29.3 Å². The van der Waals surface area contributed by atoms with Gasteiger partial charge in [-0.1, -0.05) is 25.1 Å². The molecule has 0 saturated heterocycles. The normalized spacial score (nSPS) is 23.7. The van der Waals surface area contributed by atoms with Crippen LogP contribution in [0.5, 0.6) is 0 Å². The van der Waals surface area contributed by atoms with E-state index < -0.39 is 0 Å². The molecule has 22 heavy (non-hydrogen) atoms. The number of aryl methyl sites for hydroxylation is 1. The number of benzene rings is 1. The summed E-state index contributed by atoms with van der Waals surface area (Å²) < 4.78 is 0. The number of fused-ring (bicyclic) bond motifs is 1. The quantitative estimate of drug-likeness (QED) is 0.657. The van der Waals surface area contributed by atoms with Gasteiger partial charge in [0.1, 0.15) is 0 Å². The van der Waals surface area contributed by atoms with Crippen LogP contribution in [-0.2, 0) is 11.2 Å². The Morgan fingerprint density at radius 1 is 1.41 bits per heavy atom. The molecule has 2 N–H and O–H groups in total. The van der Waals surface area contributed by atoms with E-state index in [4.69, 9.17) is 0 Å². The van der Waals surface area contributed by atoms with Crippen molar-refractivity contribution in [3.63, 3.8) is 0 Å². The van der Waals surface area contributed by atoms with E-state index in [1.807, 2.05) is 23.1 Å². The molecule has 1 fully saturated rings. The van der Waals surface area contributed by atoms with Crippen LogP contribution in [-0.4, -0.2) is 38.0 Å². The van der Waals surface area contributed by atoms with E-state index in [9.17, 15) is 4.79 Å². The van der Waals surface area contributed by atoms with Crippen LogP contribution >= 0.6 is 0 Å². The lowest BCUT2D eigenvalue weighted by molar-refractivity contribution is -0.117. The van der Waals surface area contributed by atoms with Crippen molar-refractivity contribution in [3.05, 3.63) is 29.8 Å². The van der Waals surface area contributed by atoms with Crippen molar-refractivity contribution < 1.29 is 4.79 Å². The first kappa shape index (κ1) is 14.9. The molecule has 1 heterocycles. The van der Waals surface area contributed by atoms with Crippen LogP contribution in [0.1, 0.15) is 25.3 Å². The summed E-state index contributed by atoms with van der Waals surface area (Å²) in [5.74, 6) is 1.51. The summed E-state index contributed by atoms with van der Waals surface area (Å²) in [6, 6.07) is 8.67. The molecule has 0 spiro atoms. The monoisotopic (exact) mass is 300 g/mol. The van der Waals surface area contributed by atoms with E-state index in [1.54, 1.807) is 7.05 Å². The third kappa shape index (κ3) is 3.24. The Morgan fingerprint density at radius 2 is 2.18 bits per heavy atom. The van der Waals surface area contributed by atoms with Gasteiger partial charge in [0.15, 0.2) is 5.96 Å². The summed E-state index contributed by atoms with van der Waals surface area (Å²) in [7, 11) is 1.74. The summed E-state index contributed by atoms with van der Waals surface area (Å²) in [6.45, 7) is 3.28. The molecule has 1 saturated carbocycles. The van der Waals surface area contributed by atoms with Crippen molar-refractivity contribution in [1.82, 2.24) is 10.6 Å². The third-order valence-electron chi connectivity index (χ3n) is 4.47. The molecule has 5 heteroatoms. The Balaban J connectivity index is 1.58. The zero-order chi connectivity index (χ0) is 15.5. The van der Waals surface area contributed by atoms with Crippen molar-refractivity contribution >= 4 is 17.6 Å². The predicted octanol–water partition coefficient (Wildman–Crippen LogP) is 1.54. The molecule has 1 aliphatic heterocycles. The summed E-state index contributed by atoms with van der Waals surface area (Å²) >= 11 is 0. The fourth-order valence-corrected chi connectivity index (χ4v) is 2.94. The fraction of sp³-hybridized carbons (Fsp3) is 0.529. The number of amides is 1. The number of guanidine groups is 1. The van der Waals surface area contributed by atoms with Gasteiger partial charge in [-0.2, -0.15) is 0 Å². The second-order valence-electron chi connectivity index (χ2n) is 6.17. The molecule has 3 rings (SSSR count). The number of carbonyl (C=O) groups is 1. The van der Waals surface area contributed by atoms with Crippen molar-refractivity contribution in [3.8, 4) is 0 Å². The van der Waals surface area contributed by atoms with E-state index in [0.717, 1.165) is 25.1 Å². The maximum Gasteiger partial charge on any atom is 0.246 e. The van der Waals surface area contributed by atoms with Gasteiger partial charge >= 0.3 is 0 Å². The molecule has 2 aliphatic rings. The number of nitrogens with one attached hydrogen (secondary N) is 2. The Labute approximate surface area is 131 Å². The Kier molecular flexibility index (Phi) is 4.32. The van der Waals surface area contributed by atoms with Gasteiger partial charge < -0.3 is 15.5 Å². The van der Waals surface area contributed by atoms with E-state index in [-0.39, 0.29) is 12.5 Å². The Hall–Kier alpha value is -2.04. The smallest absolute Gasteiger partial charge is 0.246 e. The number of carbonyl (C=O) groups excluding carboxylic acids is 1. The van der Waals surface area contributed by atoms with Crippen LogP contribution in [0.3, 0.4) is 0 Å². The van der Waals surface area contributed by atoms with Crippen molar-refractivity contribution in [2.24, 2.45) is 10.9 Å². The molecule has 0 aromatic heterocycles. The number of anilines is 1. The first-order valence-electron chi connectivity index (χ1n) is 8.04. The van der Waals surface area contributed by atoms with Crippen LogP contribution in [0.4, 0.5) is 5.69 Å². The Bertz CT molecular complexity index is 584. The van der Waals surface area contributed by atoms with Gasteiger partial charge in [0.25, 0.3) is 0 Å². The van der Waals surface area contributed by atoms with Gasteiger partial charge in [-0.3, -0.25) is 9.79 Å². The lowest BCUT2D eigenvalue weighted by atomic mass is 10.0. The standard InChI is InChI=1S/C17H24N4O/c1-12-10-14(12)20-17(18-2)19-11-16(22)21-9-5-7-13-6-3-4-8-15(13)21/h3-4,6,8,12,14H,5,7,9-11H2,1-2H3,(H2,18,19,20). The highest BCUT2D eigenvalue weighted by Crippen LogP contribution is 2.29. The van der Waals surface area contributed by atoms with Gasteiger partial charge in [-0.15, -0.1) is 0 Å². The molecule has 1 aromatic carbocycles. The van der Waals surface area contributed by atoms with Crippen molar-refractivity contribution in [1.29, 1.82) is 0 Å². The molecule has 0 radical (unpaired) electrons. The molecular weight excluding hydrogens is 276 g/mol. The van der Waals surface area contributed by atoms with Crippen LogP contribution < -0.4 is 15.5 Å². The van der Waals surface area contributed by atoms with Gasteiger partial charge in [0.05, 0.1) is 6.54 Å². The number of aliphatic imine (C=N–C) groups is 1. The van der Waals surface area contributed by atoms with Gasteiger partial charge in [0, 0.05) is 25.3 Å². The summed E-state index contributed by atoms with van der Waals surface area (Å²) in [6.07, 6.45) is 3.25. The van der Waals surface area contributed by atoms with Crippen molar-refractivity contribution in [2.45, 2.75) is 32.2 Å². The first-order valence-corrected chi connectivity index (χ1v) is 8.04. The Morgan fingerprint density at radius 3 is 2.91 bits per heavy atom. The van der Waals surface area contributed by atoms with Gasteiger partial charge in [-0.25, -0.2) is 0 Å². The molecule has 1 amide bonds. The second-order valence-corrected chi connectivity index (χ2v) is 6.17. The first-order chi connectivity index (χ1) is 10.7. The molecule has 5 nitrogen and oxygen atoms in total. The van der Waals surface area contributed by atoms with E-state index >= 15 is 0 Å². The highest BCUT2D eigenvalue weighted by Gasteiger charge is 2.33. The lowest BCUT2D eigenvalue weighted by Gasteiger charge is -2.29. The molecular formula is C17H24N4O. The molecule has 0 bridgehead atoms. The largest absolute Gasteiger partial charge is 0.353 e. The molecule has 1 aromatic rings. The van der Waals surface area contributed by atoms with Crippen molar-refractivity contribution in [2.75, 3.05) is 25.0 Å². The summed E-state index contributed by atoms with van der Waals surface area (Å²) in [5.41, 5.74) is 2.32. The summed E-state index contributed by atoms with van der Waals surface area (Å²) in [4.78, 5) is 18.6. The van der Waals surface area contributed by atoms with Gasteiger partial charge in [-0.05, 0) is 36.8 Å². The van der Waals surface area contributed by atoms with Gasteiger partial charge in [0.2, 0.25) is 5.91 Å². The maximum absolute atomic E-state index is 12.5. The molecule has 2 unspecified atom stereocenters. The van der Waals surface area contributed by atoms with E-state index in [0.29, 0.717) is 17.9 Å². The minimum atomic E-state index is 0.0962. The van der Waals surface area contributed by atoms with Crippen LogP contribution in [0.2, 0.25) is 0 Å². The number of hydrogen-bond acceptors (Lipinski definition) is 2. The lowest BCUT2D eigenvalue weighted by Crippen LogP contribution is -2.46. The molecule has 1 aliphatic carbocycles. The third-order valence-corrected chi connectivity index (χ3v) is 4.47. The summed E-state index contributed by atoms with van der Waals surface area (Å²) in [5, 5.41) is 6.47. The van der Waals surface area contributed by atoms with E-state index in [2.05, 4.69) is 28.6 Å². The number of hydrogen-bond donors (Lipinski definition) is 2. The minimum absolute atomic E-state index is 0.0962. The molecule has 118 valence electrons. The minimum Gasteiger partial charge on any atom is -0.353 e. The fourth-order valence-electron chi connectivity index (χ4n) is 2.94. The zero-order valence-electron chi connectivity index (χ0n) is 13.3. The van der Waals surface area contributed by atoms with Crippen LogP contribution in [0.25, 0.3) is 0 Å². The average molecular weight is 300 g/mol. The maximum atomic E-state index is 12.5. The SMILES string of the molecule is CN=C(NCC(=O)N1CCCc2ccccc21)NC1CC1C. The van der Waals surface area contributed by atoms with Crippen LogP contribution in [0, 0.1) is 5.92 Å². The number of rotatable bonds is 3. The second kappa shape index (κ2) is 6.38. The number of nitrogens with zero attached hydrogens (tertiary/aromatic N) is 2. The highest BCUT2D eigenvalue weighted by molar-refractivity contribution is 5.98. The highest BCUT2D eigenvalue weighted by atomic mass is 16.2. The van der Waals surface area contributed by atoms with E-state index in [1.165, 1.54) is 12.0 Å². The zero-order valence-corrected chi connectivity index (χ0v) is 13.3. The number of para-hydroxylation sites is 1. The topological polar surface area (TPSA) is 56.7 Å².